The van der Waals surface area contributed by atoms with Crippen LogP contribution < -0.4 is 5.32 Å². The van der Waals surface area contributed by atoms with Crippen LogP contribution in [0.25, 0.3) is 22.2 Å². The summed E-state index contributed by atoms with van der Waals surface area (Å²) in [6.07, 6.45) is 3.92. The van der Waals surface area contributed by atoms with Gasteiger partial charge in [0, 0.05) is 69.1 Å². The average Bonchev–Trinajstić information content (AvgIpc) is 3.53. The van der Waals surface area contributed by atoms with Gasteiger partial charge in [-0.25, -0.2) is 13.4 Å². The van der Waals surface area contributed by atoms with E-state index in [2.05, 4.69) is 63.3 Å². The standard InChI is InChI=1S/C41H51ClN6O3S/c1-5-51-28-37(24-29(2)3)48(52(49,50)38-16-8-32(9-17-38)26-40-41-39(18-19-44-40)45-30(4)46-41)23-22-47-21-20-43-27-36(47)25-31-6-10-33(11-7-31)34-12-14-35(42)15-13-34/h6-19,29,36-37,43H,5,20-28H2,1-4H3,(H,45,46)/t36-,37+/m1/s1. The summed E-state index contributed by atoms with van der Waals surface area (Å²) in [7, 11) is -3.84. The summed E-state index contributed by atoms with van der Waals surface area (Å²) in [4.78, 5) is 15.2. The second-order valence-corrected chi connectivity index (χ2v) is 16.5. The number of hydrogen-bond donors (Lipinski definition) is 2. The molecule has 2 N–H and O–H groups in total. The molecule has 2 atom stereocenters. The molecule has 1 aliphatic rings. The molecule has 276 valence electrons. The van der Waals surface area contributed by atoms with E-state index >= 15 is 0 Å². The van der Waals surface area contributed by atoms with Gasteiger partial charge in [-0.3, -0.25) is 9.88 Å². The summed E-state index contributed by atoms with van der Waals surface area (Å²) in [6.45, 7) is 12.6. The van der Waals surface area contributed by atoms with Gasteiger partial charge in [0.2, 0.25) is 10.0 Å². The summed E-state index contributed by atoms with van der Waals surface area (Å²) >= 11 is 6.10. The van der Waals surface area contributed by atoms with Crippen molar-refractivity contribution in [3.8, 4) is 11.1 Å². The van der Waals surface area contributed by atoms with E-state index in [0.717, 1.165) is 70.3 Å². The average molecular weight is 743 g/mol. The Morgan fingerprint density at radius 3 is 2.37 bits per heavy atom. The summed E-state index contributed by atoms with van der Waals surface area (Å²) in [6, 6.07) is 25.8. The number of imidazole rings is 1. The van der Waals surface area contributed by atoms with Gasteiger partial charge in [-0.2, -0.15) is 4.31 Å². The Balaban J connectivity index is 1.19. The van der Waals surface area contributed by atoms with Gasteiger partial charge < -0.3 is 15.0 Å². The van der Waals surface area contributed by atoms with E-state index in [9.17, 15) is 8.42 Å². The number of aromatic nitrogens is 3. The molecule has 1 saturated heterocycles. The quantitative estimate of drug-likeness (QED) is 0.111. The number of halogens is 1. The molecule has 0 aliphatic carbocycles. The highest BCUT2D eigenvalue weighted by Crippen LogP contribution is 2.26. The van der Waals surface area contributed by atoms with Crippen LogP contribution in [0.2, 0.25) is 5.02 Å². The molecule has 3 aromatic carbocycles. The summed E-state index contributed by atoms with van der Waals surface area (Å²) in [5.74, 6) is 1.14. The van der Waals surface area contributed by atoms with Gasteiger partial charge in [-0.15, -0.1) is 0 Å². The summed E-state index contributed by atoms with van der Waals surface area (Å²) in [5.41, 5.74) is 7.16. The van der Waals surface area contributed by atoms with Crippen molar-refractivity contribution < 1.29 is 13.2 Å². The fraction of sp³-hybridized carbons (Fsp3) is 0.415. The van der Waals surface area contributed by atoms with Crippen molar-refractivity contribution in [2.24, 2.45) is 5.92 Å². The van der Waals surface area contributed by atoms with Gasteiger partial charge in [-0.05, 0) is 85.2 Å². The monoisotopic (exact) mass is 742 g/mol. The van der Waals surface area contributed by atoms with E-state index in [0.29, 0.717) is 50.0 Å². The number of aryl methyl sites for hydroxylation is 1. The van der Waals surface area contributed by atoms with Crippen molar-refractivity contribution in [1.82, 2.24) is 29.5 Å². The fourth-order valence-corrected chi connectivity index (χ4v) is 8.93. The number of H-pyrrole nitrogens is 1. The Kier molecular flexibility index (Phi) is 12.8. The van der Waals surface area contributed by atoms with Crippen molar-refractivity contribution in [2.45, 2.75) is 63.9 Å². The maximum Gasteiger partial charge on any atom is 0.243 e. The number of aromatic amines is 1. The zero-order chi connectivity index (χ0) is 36.7. The molecule has 0 saturated carbocycles. The first kappa shape index (κ1) is 38.1. The number of rotatable bonds is 16. The number of hydrogen-bond acceptors (Lipinski definition) is 7. The molecule has 9 nitrogen and oxygen atoms in total. The van der Waals surface area contributed by atoms with Gasteiger partial charge >= 0.3 is 0 Å². The molecule has 2 aromatic heterocycles. The minimum Gasteiger partial charge on any atom is -0.380 e. The lowest BCUT2D eigenvalue weighted by molar-refractivity contribution is 0.0794. The van der Waals surface area contributed by atoms with E-state index < -0.39 is 10.0 Å². The van der Waals surface area contributed by atoms with Gasteiger partial charge in [0.15, 0.2) is 0 Å². The number of sulfonamides is 1. The Bertz CT molecular complexity index is 2000. The number of pyridine rings is 1. The van der Waals surface area contributed by atoms with Gasteiger partial charge in [-0.1, -0.05) is 74.0 Å². The number of piperazine rings is 1. The Morgan fingerprint density at radius 1 is 0.981 bits per heavy atom. The zero-order valence-corrected chi connectivity index (χ0v) is 32.3. The first-order valence-electron chi connectivity index (χ1n) is 18.4. The second kappa shape index (κ2) is 17.5. The summed E-state index contributed by atoms with van der Waals surface area (Å²) in [5, 5.41) is 4.29. The van der Waals surface area contributed by atoms with Crippen LogP contribution in [0.15, 0.2) is 90.0 Å². The molecule has 0 amide bonds. The van der Waals surface area contributed by atoms with Crippen molar-refractivity contribution >= 4 is 32.7 Å². The molecule has 52 heavy (non-hydrogen) atoms. The van der Waals surface area contributed by atoms with E-state index in [4.69, 9.17) is 16.3 Å². The predicted octanol–water partition coefficient (Wildman–Crippen LogP) is 7.14. The van der Waals surface area contributed by atoms with Crippen LogP contribution in [0.1, 0.15) is 49.8 Å². The Hall–Kier alpha value is -3.64. The van der Waals surface area contributed by atoms with E-state index in [1.54, 1.807) is 22.6 Å². The molecule has 3 heterocycles. The van der Waals surface area contributed by atoms with E-state index in [1.807, 2.05) is 56.3 Å². The molecule has 0 spiro atoms. The maximum atomic E-state index is 14.6. The Morgan fingerprint density at radius 2 is 1.67 bits per heavy atom. The van der Waals surface area contributed by atoms with Crippen LogP contribution in [0.5, 0.6) is 0 Å². The van der Waals surface area contributed by atoms with Crippen LogP contribution in [0.3, 0.4) is 0 Å². The number of nitrogens with zero attached hydrogens (tertiary/aromatic N) is 4. The number of fused-ring (bicyclic) bond motifs is 1. The second-order valence-electron chi connectivity index (χ2n) is 14.2. The highest BCUT2D eigenvalue weighted by molar-refractivity contribution is 7.89. The number of ether oxygens (including phenoxy) is 1. The number of nitrogens with one attached hydrogen (secondary N) is 2. The van der Waals surface area contributed by atoms with Crippen LogP contribution in [-0.4, -0.2) is 90.6 Å². The SMILES string of the molecule is CCOC[C@H](CC(C)C)N(CCN1CCNC[C@H]1Cc1ccc(-c2ccc(Cl)cc2)cc1)S(=O)(=O)c1ccc(Cc2nccc3[nH]c(C)nc23)cc1. The lowest BCUT2D eigenvalue weighted by atomic mass is 9.99. The van der Waals surface area contributed by atoms with Crippen molar-refractivity contribution in [3.63, 3.8) is 0 Å². The molecule has 1 fully saturated rings. The van der Waals surface area contributed by atoms with Crippen LogP contribution in [0.4, 0.5) is 0 Å². The van der Waals surface area contributed by atoms with Gasteiger partial charge in [0.05, 0.1) is 22.7 Å². The molecular weight excluding hydrogens is 692 g/mol. The third-order valence-corrected chi connectivity index (χ3v) is 12.1. The number of benzene rings is 3. The van der Waals surface area contributed by atoms with Gasteiger partial charge in [0.1, 0.15) is 11.3 Å². The van der Waals surface area contributed by atoms with E-state index in [-0.39, 0.29) is 12.1 Å². The molecule has 1 aliphatic heterocycles. The third-order valence-electron chi connectivity index (χ3n) is 9.84. The van der Waals surface area contributed by atoms with Crippen LogP contribution in [-0.2, 0) is 27.6 Å². The molecule has 0 bridgehead atoms. The molecule has 11 heteroatoms. The summed E-state index contributed by atoms with van der Waals surface area (Å²) < 4.78 is 36.8. The van der Waals surface area contributed by atoms with Crippen molar-refractivity contribution in [2.75, 3.05) is 45.9 Å². The highest BCUT2D eigenvalue weighted by Gasteiger charge is 2.34. The molecule has 0 unspecified atom stereocenters. The smallest absolute Gasteiger partial charge is 0.243 e. The molecular formula is C41H51ClN6O3S. The largest absolute Gasteiger partial charge is 0.380 e. The van der Waals surface area contributed by atoms with Crippen molar-refractivity contribution in [3.05, 3.63) is 113 Å². The lowest BCUT2D eigenvalue weighted by Crippen LogP contribution is -2.55. The predicted molar refractivity (Wildman–Crippen MR) is 210 cm³/mol. The fourth-order valence-electron chi connectivity index (χ4n) is 7.19. The first-order valence-corrected chi connectivity index (χ1v) is 20.2. The molecule has 5 aromatic rings. The normalized spacial score (nSPS) is 16.2. The first-order chi connectivity index (χ1) is 25.1. The minimum absolute atomic E-state index is 0.241. The van der Waals surface area contributed by atoms with Gasteiger partial charge in [0.25, 0.3) is 0 Å². The zero-order valence-electron chi connectivity index (χ0n) is 30.7. The highest BCUT2D eigenvalue weighted by atomic mass is 35.5. The Labute approximate surface area is 313 Å². The van der Waals surface area contributed by atoms with E-state index in [1.165, 1.54) is 5.56 Å². The van der Waals surface area contributed by atoms with Crippen LogP contribution >= 0.6 is 11.6 Å². The third kappa shape index (κ3) is 9.47. The lowest BCUT2D eigenvalue weighted by Gasteiger charge is -2.39. The molecule has 6 rings (SSSR count). The minimum atomic E-state index is -3.84. The van der Waals surface area contributed by atoms with Crippen molar-refractivity contribution in [1.29, 1.82) is 0 Å². The van der Waals surface area contributed by atoms with Crippen LogP contribution in [0, 0.1) is 12.8 Å². The topological polar surface area (TPSA) is 103 Å². The maximum absolute atomic E-state index is 14.6. The molecule has 0 radical (unpaired) electrons.